The quantitative estimate of drug-likeness (QED) is 0.239. The van der Waals surface area contributed by atoms with Crippen LogP contribution in [-0.4, -0.2) is 32.0 Å². The fraction of sp³-hybridized carbons (Fsp3) is 0.250. The second kappa shape index (κ2) is 11.6. The van der Waals surface area contributed by atoms with Crippen LogP contribution in [0.3, 0.4) is 0 Å². The minimum absolute atomic E-state index is 0. The van der Waals surface area contributed by atoms with Crippen molar-refractivity contribution in [2.75, 3.05) is 20.1 Å². The number of guanidine groups is 1. The molecule has 0 aliphatic heterocycles. The summed E-state index contributed by atoms with van der Waals surface area (Å²) >= 11 is 13.4. The molecule has 0 aliphatic carbocycles. The summed E-state index contributed by atoms with van der Waals surface area (Å²) in [5.74, 6) is 0.490. The van der Waals surface area contributed by atoms with Crippen molar-refractivity contribution in [2.45, 2.75) is 6.54 Å². The Morgan fingerprint density at radius 1 is 1.12 bits per heavy atom. The lowest BCUT2D eigenvalue weighted by Gasteiger charge is -2.12. The smallest absolute Gasteiger partial charge is 0.251 e. The molecule has 0 spiro atoms. The maximum atomic E-state index is 12.0. The summed E-state index contributed by atoms with van der Waals surface area (Å²) in [6.07, 6.45) is 0. The molecule has 0 bridgehead atoms. The molecule has 0 saturated heterocycles. The zero-order valence-corrected chi connectivity index (χ0v) is 18.2. The average Bonchev–Trinajstić information content (AvgIpc) is 3.10. The molecule has 25 heavy (non-hydrogen) atoms. The molecular formula is C16H19Cl2IN4OS. The first-order chi connectivity index (χ1) is 11.6. The lowest BCUT2D eigenvalue weighted by atomic mass is 10.2. The van der Waals surface area contributed by atoms with E-state index in [2.05, 4.69) is 27.0 Å². The van der Waals surface area contributed by atoms with E-state index in [1.807, 2.05) is 11.4 Å². The van der Waals surface area contributed by atoms with E-state index in [9.17, 15) is 4.79 Å². The number of hydrogen-bond donors (Lipinski definition) is 3. The molecule has 0 unspecified atom stereocenters. The van der Waals surface area contributed by atoms with Gasteiger partial charge in [-0.3, -0.25) is 9.79 Å². The van der Waals surface area contributed by atoms with Crippen LogP contribution >= 0.6 is 58.5 Å². The number of carbonyl (C=O) groups is 1. The zero-order valence-electron chi connectivity index (χ0n) is 13.5. The normalized spacial score (nSPS) is 10.8. The van der Waals surface area contributed by atoms with Crippen molar-refractivity contribution in [1.82, 2.24) is 16.0 Å². The van der Waals surface area contributed by atoms with Gasteiger partial charge in [0, 0.05) is 30.6 Å². The molecule has 3 N–H and O–H groups in total. The van der Waals surface area contributed by atoms with Crippen LogP contribution in [0.4, 0.5) is 0 Å². The Bertz CT molecular complexity index is 710. The Balaban J connectivity index is 0.00000312. The van der Waals surface area contributed by atoms with E-state index in [1.165, 1.54) is 4.88 Å². The molecular weight excluding hydrogens is 494 g/mol. The van der Waals surface area contributed by atoms with Crippen molar-refractivity contribution >= 4 is 70.4 Å². The van der Waals surface area contributed by atoms with E-state index in [-0.39, 0.29) is 29.9 Å². The molecule has 2 rings (SSSR count). The zero-order chi connectivity index (χ0) is 17.4. The monoisotopic (exact) mass is 512 g/mol. The predicted molar refractivity (Wildman–Crippen MR) is 117 cm³/mol. The highest BCUT2D eigenvalue weighted by Crippen LogP contribution is 2.22. The van der Waals surface area contributed by atoms with Gasteiger partial charge in [0.2, 0.25) is 0 Å². The van der Waals surface area contributed by atoms with Gasteiger partial charge in [-0.15, -0.1) is 35.3 Å². The number of halogens is 3. The van der Waals surface area contributed by atoms with Crippen LogP contribution < -0.4 is 16.0 Å². The first kappa shape index (κ1) is 22.0. The number of benzene rings is 1. The van der Waals surface area contributed by atoms with Crippen LogP contribution in [0, 0.1) is 0 Å². The van der Waals surface area contributed by atoms with Crippen molar-refractivity contribution in [3.63, 3.8) is 0 Å². The predicted octanol–water partition coefficient (Wildman–Crippen LogP) is 3.77. The van der Waals surface area contributed by atoms with E-state index in [4.69, 9.17) is 23.2 Å². The molecule has 0 aliphatic rings. The van der Waals surface area contributed by atoms with Crippen molar-refractivity contribution in [2.24, 2.45) is 4.99 Å². The summed E-state index contributed by atoms with van der Waals surface area (Å²) in [5, 5.41) is 12.0. The highest BCUT2D eigenvalue weighted by Gasteiger charge is 2.07. The molecule has 5 nitrogen and oxygen atoms in total. The van der Waals surface area contributed by atoms with Gasteiger partial charge in [-0.05, 0) is 29.6 Å². The van der Waals surface area contributed by atoms with Crippen LogP contribution in [0.1, 0.15) is 15.2 Å². The summed E-state index contributed by atoms with van der Waals surface area (Å²) in [6.45, 7) is 1.73. The third kappa shape index (κ3) is 7.39. The minimum atomic E-state index is -0.197. The largest absolute Gasteiger partial charge is 0.355 e. The third-order valence-electron chi connectivity index (χ3n) is 3.12. The first-order valence-electron chi connectivity index (χ1n) is 7.30. The molecule has 0 radical (unpaired) electrons. The molecule has 1 aromatic heterocycles. The molecule has 1 amide bonds. The van der Waals surface area contributed by atoms with Crippen LogP contribution in [0.15, 0.2) is 40.7 Å². The number of amides is 1. The SMILES string of the molecule is CN=C(NCCNC(=O)c1ccc(Cl)c(Cl)c1)NCc1cccs1.I. The number of aliphatic imine (C=N–C) groups is 1. The number of carbonyl (C=O) groups excluding carboxylic acids is 1. The number of rotatable bonds is 6. The van der Waals surface area contributed by atoms with Gasteiger partial charge in [-0.25, -0.2) is 0 Å². The van der Waals surface area contributed by atoms with Gasteiger partial charge in [-0.2, -0.15) is 0 Å². The number of nitrogens with one attached hydrogen (secondary N) is 3. The Morgan fingerprint density at radius 3 is 2.52 bits per heavy atom. The van der Waals surface area contributed by atoms with Gasteiger partial charge in [0.25, 0.3) is 5.91 Å². The lowest BCUT2D eigenvalue weighted by molar-refractivity contribution is 0.0954. The Morgan fingerprint density at radius 2 is 1.88 bits per heavy atom. The molecule has 1 heterocycles. The summed E-state index contributed by atoms with van der Waals surface area (Å²) in [7, 11) is 1.71. The molecule has 1 aromatic carbocycles. The Kier molecular flexibility index (Phi) is 10.2. The van der Waals surface area contributed by atoms with Crippen molar-refractivity contribution in [3.05, 3.63) is 56.2 Å². The second-order valence-electron chi connectivity index (χ2n) is 4.82. The van der Waals surface area contributed by atoms with Crippen molar-refractivity contribution in [1.29, 1.82) is 0 Å². The number of hydrogen-bond acceptors (Lipinski definition) is 3. The minimum Gasteiger partial charge on any atom is -0.355 e. The molecule has 9 heteroatoms. The highest BCUT2D eigenvalue weighted by atomic mass is 127. The van der Waals surface area contributed by atoms with Crippen LogP contribution in [0.25, 0.3) is 0 Å². The molecule has 2 aromatic rings. The number of nitrogens with zero attached hydrogens (tertiary/aromatic N) is 1. The second-order valence-corrected chi connectivity index (χ2v) is 6.66. The molecule has 0 saturated carbocycles. The van der Waals surface area contributed by atoms with Gasteiger partial charge in [0.15, 0.2) is 5.96 Å². The highest BCUT2D eigenvalue weighted by molar-refractivity contribution is 14.0. The third-order valence-corrected chi connectivity index (χ3v) is 4.73. The van der Waals surface area contributed by atoms with Crippen LogP contribution in [0.2, 0.25) is 10.0 Å². The van der Waals surface area contributed by atoms with E-state index in [1.54, 1.807) is 36.6 Å². The lowest BCUT2D eigenvalue weighted by Crippen LogP contribution is -2.41. The summed E-state index contributed by atoms with van der Waals surface area (Å²) in [5.41, 5.74) is 0.476. The fourth-order valence-corrected chi connectivity index (χ4v) is 2.84. The standard InChI is InChI=1S/C16H18Cl2N4OS.HI/c1-19-16(22-10-12-3-2-8-24-12)21-7-6-20-15(23)11-4-5-13(17)14(18)9-11;/h2-5,8-9H,6-7,10H2,1H3,(H,20,23)(H2,19,21,22);1H. The maximum Gasteiger partial charge on any atom is 0.251 e. The fourth-order valence-electron chi connectivity index (χ4n) is 1.90. The Hall–Kier alpha value is -1.03. The van der Waals surface area contributed by atoms with Crippen LogP contribution in [-0.2, 0) is 6.54 Å². The van der Waals surface area contributed by atoms with E-state index < -0.39 is 0 Å². The van der Waals surface area contributed by atoms with Gasteiger partial charge in [0.1, 0.15) is 0 Å². The van der Waals surface area contributed by atoms with Crippen molar-refractivity contribution < 1.29 is 4.79 Å². The maximum absolute atomic E-state index is 12.0. The van der Waals surface area contributed by atoms with Gasteiger partial charge >= 0.3 is 0 Å². The summed E-state index contributed by atoms with van der Waals surface area (Å²) < 4.78 is 0. The van der Waals surface area contributed by atoms with E-state index in [0.29, 0.717) is 41.2 Å². The molecule has 0 fully saturated rings. The first-order valence-corrected chi connectivity index (χ1v) is 8.94. The van der Waals surface area contributed by atoms with Crippen molar-refractivity contribution in [3.8, 4) is 0 Å². The topological polar surface area (TPSA) is 65.5 Å². The van der Waals surface area contributed by atoms with E-state index in [0.717, 1.165) is 0 Å². The summed E-state index contributed by atoms with van der Waals surface area (Å²) in [6, 6.07) is 8.86. The summed E-state index contributed by atoms with van der Waals surface area (Å²) in [4.78, 5) is 17.4. The van der Waals surface area contributed by atoms with Gasteiger partial charge in [0.05, 0.1) is 16.6 Å². The Labute approximate surface area is 178 Å². The molecule has 136 valence electrons. The molecule has 0 atom stereocenters. The average molecular weight is 513 g/mol. The van der Waals surface area contributed by atoms with Gasteiger partial charge < -0.3 is 16.0 Å². The van der Waals surface area contributed by atoms with Crippen LogP contribution in [0.5, 0.6) is 0 Å². The number of thiophene rings is 1. The van der Waals surface area contributed by atoms with E-state index >= 15 is 0 Å². The van der Waals surface area contributed by atoms with Gasteiger partial charge in [-0.1, -0.05) is 29.3 Å².